The Bertz CT molecular complexity index is 1330. The van der Waals surface area contributed by atoms with E-state index in [1.54, 1.807) is 55.5 Å². The highest BCUT2D eigenvalue weighted by molar-refractivity contribution is 6.21. The van der Waals surface area contributed by atoms with Crippen molar-refractivity contribution >= 4 is 29.6 Å². The molecule has 178 valence electrons. The van der Waals surface area contributed by atoms with E-state index in [1.165, 1.54) is 4.68 Å². The maximum Gasteiger partial charge on any atom is 0.434 e. The van der Waals surface area contributed by atoms with Gasteiger partial charge in [0.1, 0.15) is 0 Å². The van der Waals surface area contributed by atoms with Crippen LogP contribution in [-0.4, -0.2) is 51.6 Å². The highest BCUT2D eigenvalue weighted by Gasteiger charge is 2.35. The molecule has 0 saturated heterocycles. The van der Waals surface area contributed by atoms with Crippen molar-refractivity contribution in [2.24, 2.45) is 0 Å². The van der Waals surface area contributed by atoms with Gasteiger partial charge in [0, 0.05) is 30.6 Å². The Morgan fingerprint density at radius 3 is 2.46 bits per heavy atom. The summed E-state index contributed by atoms with van der Waals surface area (Å²) >= 11 is 0. The van der Waals surface area contributed by atoms with Crippen LogP contribution in [0.25, 0.3) is 0 Å². The normalized spacial score (nSPS) is 14.5. The molecule has 3 amide bonds. The molecule has 3 heterocycles. The first-order valence-electron chi connectivity index (χ1n) is 11.3. The van der Waals surface area contributed by atoms with E-state index >= 15 is 0 Å². The van der Waals surface area contributed by atoms with Crippen LogP contribution in [0, 0.1) is 0 Å². The number of carbonyl (C=O) groups excluding carboxylic acids is 4. The molecule has 1 aromatic heterocycles. The van der Waals surface area contributed by atoms with Gasteiger partial charge in [0.15, 0.2) is 5.82 Å². The van der Waals surface area contributed by atoms with Crippen molar-refractivity contribution in [2.75, 3.05) is 18.5 Å². The lowest BCUT2D eigenvalue weighted by atomic mass is 10.1. The molecular formula is C25H23N5O5. The van der Waals surface area contributed by atoms with E-state index in [-0.39, 0.29) is 19.0 Å². The monoisotopic (exact) mass is 473 g/mol. The maximum absolute atomic E-state index is 13.3. The number of anilines is 1. The fraction of sp³-hybridized carbons (Fsp3) is 0.240. The van der Waals surface area contributed by atoms with Crippen molar-refractivity contribution in [3.63, 3.8) is 0 Å². The van der Waals surface area contributed by atoms with Gasteiger partial charge in [0.25, 0.3) is 17.7 Å². The molecule has 0 radical (unpaired) electrons. The minimum atomic E-state index is -0.600. The number of fused-ring (bicyclic) bond motifs is 2. The molecular weight excluding hydrogens is 450 g/mol. The SMILES string of the molecule is CCOC(=O)n1nc(NC(=O)c2ccccc2CN2C(=O)c3ccccc3C2=O)c2c1CCNC2. The molecule has 35 heavy (non-hydrogen) atoms. The number of benzene rings is 2. The van der Waals surface area contributed by atoms with Crippen LogP contribution < -0.4 is 10.6 Å². The molecule has 0 saturated carbocycles. The third-order valence-electron chi connectivity index (χ3n) is 6.07. The molecule has 0 aliphatic carbocycles. The van der Waals surface area contributed by atoms with Crippen molar-refractivity contribution in [3.05, 3.63) is 82.0 Å². The van der Waals surface area contributed by atoms with Crippen LogP contribution in [0.2, 0.25) is 0 Å². The molecule has 2 aliphatic rings. The minimum Gasteiger partial charge on any atom is -0.448 e. The molecule has 0 atom stereocenters. The molecule has 5 rings (SSSR count). The summed E-state index contributed by atoms with van der Waals surface area (Å²) in [6.45, 7) is 2.99. The zero-order chi connectivity index (χ0) is 24.5. The molecule has 2 N–H and O–H groups in total. The topological polar surface area (TPSA) is 123 Å². The third kappa shape index (κ3) is 3.97. The summed E-state index contributed by atoms with van der Waals surface area (Å²) < 4.78 is 6.29. The predicted octanol–water partition coefficient (Wildman–Crippen LogP) is 2.58. The minimum absolute atomic E-state index is 0.0487. The quantitative estimate of drug-likeness (QED) is 0.546. The Kier molecular flexibility index (Phi) is 5.87. The van der Waals surface area contributed by atoms with Crippen molar-refractivity contribution in [1.29, 1.82) is 0 Å². The summed E-state index contributed by atoms with van der Waals surface area (Å²) in [5, 5.41) is 10.3. The van der Waals surface area contributed by atoms with Gasteiger partial charge in [-0.05, 0) is 30.7 Å². The molecule has 10 heteroatoms. The summed E-state index contributed by atoms with van der Waals surface area (Å²) in [5.74, 6) is -0.983. The van der Waals surface area contributed by atoms with Crippen LogP contribution in [0.15, 0.2) is 48.5 Å². The van der Waals surface area contributed by atoms with Crippen molar-refractivity contribution in [3.8, 4) is 0 Å². The predicted molar refractivity (Wildman–Crippen MR) is 125 cm³/mol. The zero-order valence-electron chi connectivity index (χ0n) is 19.0. The van der Waals surface area contributed by atoms with E-state index in [2.05, 4.69) is 15.7 Å². The average Bonchev–Trinajstić information content (AvgIpc) is 3.36. The maximum atomic E-state index is 13.3. The second kappa shape index (κ2) is 9.15. The summed E-state index contributed by atoms with van der Waals surface area (Å²) in [7, 11) is 0. The van der Waals surface area contributed by atoms with Crippen LogP contribution in [0.4, 0.5) is 10.6 Å². The molecule has 0 spiro atoms. The van der Waals surface area contributed by atoms with E-state index in [9.17, 15) is 19.2 Å². The van der Waals surface area contributed by atoms with Gasteiger partial charge in [-0.15, -0.1) is 5.10 Å². The largest absolute Gasteiger partial charge is 0.448 e. The van der Waals surface area contributed by atoms with E-state index in [4.69, 9.17) is 4.74 Å². The lowest BCUT2D eigenvalue weighted by molar-refractivity contribution is 0.0640. The molecule has 0 fully saturated rings. The van der Waals surface area contributed by atoms with Gasteiger partial charge in [0.05, 0.1) is 30.0 Å². The number of amides is 3. The van der Waals surface area contributed by atoms with Crippen molar-refractivity contribution in [2.45, 2.75) is 26.4 Å². The Morgan fingerprint density at radius 1 is 1.06 bits per heavy atom. The molecule has 10 nitrogen and oxygen atoms in total. The summed E-state index contributed by atoms with van der Waals surface area (Å²) in [5.41, 5.74) is 2.92. The van der Waals surface area contributed by atoms with Gasteiger partial charge in [-0.3, -0.25) is 19.3 Å². The number of rotatable bonds is 5. The second-order valence-corrected chi connectivity index (χ2v) is 8.16. The fourth-order valence-electron chi connectivity index (χ4n) is 4.39. The average molecular weight is 473 g/mol. The number of carbonyl (C=O) groups is 4. The molecule has 0 unspecified atom stereocenters. The van der Waals surface area contributed by atoms with Crippen LogP contribution in [0.3, 0.4) is 0 Å². The van der Waals surface area contributed by atoms with Gasteiger partial charge >= 0.3 is 6.09 Å². The lowest BCUT2D eigenvalue weighted by Crippen LogP contribution is -2.30. The number of aromatic nitrogens is 2. The smallest absolute Gasteiger partial charge is 0.434 e. The zero-order valence-corrected chi connectivity index (χ0v) is 19.0. The number of nitrogens with one attached hydrogen (secondary N) is 2. The number of ether oxygens (including phenoxy) is 1. The van der Waals surface area contributed by atoms with Crippen LogP contribution in [-0.2, 0) is 24.2 Å². The van der Waals surface area contributed by atoms with Gasteiger partial charge in [-0.25, -0.2) is 4.79 Å². The van der Waals surface area contributed by atoms with E-state index < -0.39 is 23.8 Å². The van der Waals surface area contributed by atoms with E-state index in [0.717, 1.165) is 10.5 Å². The van der Waals surface area contributed by atoms with Gasteiger partial charge in [-0.1, -0.05) is 30.3 Å². The lowest BCUT2D eigenvalue weighted by Gasteiger charge is -2.17. The number of imide groups is 1. The Morgan fingerprint density at radius 2 is 1.74 bits per heavy atom. The van der Waals surface area contributed by atoms with E-state index in [0.29, 0.717) is 47.5 Å². The van der Waals surface area contributed by atoms with Gasteiger partial charge in [-0.2, -0.15) is 4.68 Å². The highest BCUT2D eigenvalue weighted by Crippen LogP contribution is 2.27. The Balaban J connectivity index is 1.41. The van der Waals surface area contributed by atoms with Crippen molar-refractivity contribution < 1.29 is 23.9 Å². The summed E-state index contributed by atoms with van der Waals surface area (Å²) in [4.78, 5) is 52.4. The molecule has 0 bridgehead atoms. The second-order valence-electron chi connectivity index (χ2n) is 8.16. The van der Waals surface area contributed by atoms with Gasteiger partial charge in [0.2, 0.25) is 0 Å². The summed E-state index contributed by atoms with van der Waals surface area (Å²) in [6, 6.07) is 13.4. The third-order valence-corrected chi connectivity index (χ3v) is 6.07. The number of nitrogens with zero attached hydrogens (tertiary/aromatic N) is 3. The van der Waals surface area contributed by atoms with Crippen LogP contribution >= 0.6 is 0 Å². The van der Waals surface area contributed by atoms with Crippen LogP contribution in [0.5, 0.6) is 0 Å². The number of hydrogen-bond donors (Lipinski definition) is 2. The highest BCUT2D eigenvalue weighted by atomic mass is 16.6. The first-order chi connectivity index (χ1) is 17.0. The molecule has 2 aromatic carbocycles. The standard InChI is InChI=1S/C25H23N5O5/c1-2-35-25(34)30-20-11-12-26-13-19(20)21(28-30)27-22(31)16-8-4-3-7-15(16)14-29-23(32)17-9-5-6-10-18(17)24(29)33/h3-10,26H,2,11-14H2,1H3,(H,27,28,31). The van der Waals surface area contributed by atoms with Crippen LogP contribution in [0.1, 0.15) is 54.8 Å². The van der Waals surface area contributed by atoms with Gasteiger partial charge < -0.3 is 15.4 Å². The molecule has 3 aromatic rings. The molecule has 2 aliphatic heterocycles. The Labute approximate surface area is 200 Å². The Hall–Kier alpha value is -4.31. The van der Waals surface area contributed by atoms with Crippen molar-refractivity contribution in [1.82, 2.24) is 20.0 Å². The van der Waals surface area contributed by atoms with E-state index in [1.807, 2.05) is 0 Å². The number of hydrogen-bond acceptors (Lipinski definition) is 7. The summed E-state index contributed by atoms with van der Waals surface area (Å²) in [6.07, 6.45) is -0.0370. The first kappa shape index (κ1) is 22.5. The fourth-order valence-corrected chi connectivity index (χ4v) is 4.39. The first-order valence-corrected chi connectivity index (χ1v) is 11.3.